The SMILES string of the molecule is CCCC[C@@H]1C[C@](C)(C(=O)CNc2cccc[nH+]2)OC1=O. The number of anilines is 1. The number of nitrogens with one attached hydrogen (secondary N) is 2. The Balaban J connectivity index is 1.91. The van der Waals surface area contributed by atoms with Gasteiger partial charge in [-0.3, -0.25) is 14.9 Å². The normalized spacial score (nSPS) is 24.7. The average molecular weight is 291 g/mol. The number of hydrogen-bond donors (Lipinski definition) is 1. The van der Waals surface area contributed by atoms with Crippen LogP contribution in [-0.2, 0) is 14.3 Å². The van der Waals surface area contributed by atoms with Gasteiger partial charge in [0, 0.05) is 12.5 Å². The van der Waals surface area contributed by atoms with Crippen LogP contribution in [0, 0.1) is 5.92 Å². The predicted molar refractivity (Wildman–Crippen MR) is 78.6 cm³/mol. The molecule has 1 fully saturated rings. The summed E-state index contributed by atoms with van der Waals surface area (Å²) in [6.45, 7) is 3.95. The number of rotatable bonds is 7. The van der Waals surface area contributed by atoms with Crippen LogP contribution in [0.5, 0.6) is 0 Å². The molecule has 0 amide bonds. The molecule has 0 spiro atoms. The van der Waals surface area contributed by atoms with Gasteiger partial charge in [-0.2, -0.15) is 0 Å². The largest absolute Gasteiger partial charge is 0.451 e. The van der Waals surface area contributed by atoms with Crippen molar-refractivity contribution >= 4 is 17.6 Å². The van der Waals surface area contributed by atoms with Crippen molar-refractivity contribution in [2.24, 2.45) is 5.92 Å². The highest BCUT2D eigenvalue weighted by Gasteiger charge is 2.48. The topological polar surface area (TPSA) is 69.5 Å². The lowest BCUT2D eigenvalue weighted by molar-refractivity contribution is -0.361. The van der Waals surface area contributed by atoms with E-state index < -0.39 is 5.60 Å². The van der Waals surface area contributed by atoms with E-state index in [1.807, 2.05) is 18.2 Å². The van der Waals surface area contributed by atoms with Gasteiger partial charge in [0.25, 0.3) is 5.82 Å². The van der Waals surface area contributed by atoms with Crippen LogP contribution in [-0.4, -0.2) is 23.9 Å². The molecule has 0 radical (unpaired) electrons. The molecule has 114 valence electrons. The van der Waals surface area contributed by atoms with E-state index in [1.165, 1.54) is 0 Å². The smallest absolute Gasteiger partial charge is 0.310 e. The van der Waals surface area contributed by atoms with Crippen LogP contribution >= 0.6 is 0 Å². The van der Waals surface area contributed by atoms with Crippen LogP contribution in [0.2, 0.25) is 0 Å². The number of ether oxygens (including phenoxy) is 1. The standard InChI is InChI=1S/C16H22N2O3/c1-3-4-7-12-10-16(2,21-15(12)20)13(19)11-18-14-8-5-6-9-17-14/h5-6,8-9,12H,3-4,7,10-11H2,1-2H3,(H,17,18)/p+1/t12-,16-/m1/s1. The Labute approximate surface area is 125 Å². The molecule has 1 aromatic rings. The minimum atomic E-state index is -0.989. The number of aromatic amines is 1. The molecule has 2 N–H and O–H groups in total. The Morgan fingerprint density at radius 3 is 3.00 bits per heavy atom. The number of ketones is 1. The maximum atomic E-state index is 12.4. The maximum Gasteiger partial charge on any atom is 0.310 e. The number of H-pyrrole nitrogens is 1. The summed E-state index contributed by atoms with van der Waals surface area (Å²) < 4.78 is 5.37. The minimum Gasteiger partial charge on any atom is -0.451 e. The van der Waals surface area contributed by atoms with Crippen LogP contribution < -0.4 is 10.3 Å². The lowest BCUT2D eigenvalue weighted by atomic mass is 9.89. The lowest BCUT2D eigenvalue weighted by Crippen LogP contribution is -2.39. The number of hydrogen-bond acceptors (Lipinski definition) is 4. The summed E-state index contributed by atoms with van der Waals surface area (Å²) in [6, 6.07) is 5.59. The number of aromatic nitrogens is 1. The Hall–Kier alpha value is -1.91. The van der Waals surface area contributed by atoms with E-state index in [9.17, 15) is 9.59 Å². The summed E-state index contributed by atoms with van der Waals surface area (Å²) in [6.07, 6.45) is 5.11. The van der Waals surface area contributed by atoms with Gasteiger partial charge < -0.3 is 4.74 Å². The predicted octanol–water partition coefficient (Wildman–Crippen LogP) is 1.99. The Kier molecular flexibility index (Phi) is 4.94. The van der Waals surface area contributed by atoms with E-state index in [-0.39, 0.29) is 24.2 Å². The second-order valence-corrected chi connectivity index (χ2v) is 5.75. The van der Waals surface area contributed by atoms with Crippen LogP contribution in [0.1, 0.15) is 39.5 Å². The van der Waals surface area contributed by atoms with Gasteiger partial charge in [0.15, 0.2) is 5.60 Å². The molecule has 5 nitrogen and oxygen atoms in total. The molecule has 0 aliphatic carbocycles. The van der Waals surface area contributed by atoms with Crippen molar-refractivity contribution in [2.75, 3.05) is 11.9 Å². The van der Waals surface area contributed by atoms with E-state index in [0.717, 1.165) is 25.1 Å². The molecule has 2 rings (SSSR count). The third-order valence-electron chi connectivity index (χ3n) is 3.94. The molecule has 1 aromatic heterocycles. The maximum absolute atomic E-state index is 12.4. The van der Waals surface area contributed by atoms with Gasteiger partial charge in [-0.25, -0.2) is 4.98 Å². The third kappa shape index (κ3) is 3.80. The molecule has 5 heteroatoms. The number of carbonyl (C=O) groups is 2. The monoisotopic (exact) mass is 291 g/mol. The van der Waals surface area contributed by atoms with E-state index in [2.05, 4.69) is 17.2 Å². The highest BCUT2D eigenvalue weighted by molar-refractivity contribution is 5.94. The number of pyridine rings is 1. The molecular formula is C16H23N2O3+. The van der Waals surface area contributed by atoms with Gasteiger partial charge in [0.05, 0.1) is 12.1 Å². The zero-order valence-corrected chi connectivity index (χ0v) is 12.6. The molecule has 0 aromatic carbocycles. The van der Waals surface area contributed by atoms with Crippen molar-refractivity contribution in [2.45, 2.75) is 45.1 Å². The van der Waals surface area contributed by atoms with Crippen LogP contribution in [0.3, 0.4) is 0 Å². The van der Waals surface area contributed by atoms with Crippen LogP contribution in [0.25, 0.3) is 0 Å². The number of Topliss-reactive ketones (excluding diaryl/α,β-unsaturated/α-hetero) is 1. The molecule has 0 unspecified atom stereocenters. The molecule has 2 heterocycles. The van der Waals surface area contributed by atoms with Crippen molar-refractivity contribution in [1.29, 1.82) is 0 Å². The van der Waals surface area contributed by atoms with Crippen LogP contribution in [0.15, 0.2) is 24.4 Å². The zero-order chi connectivity index (χ0) is 15.3. The Morgan fingerprint density at radius 2 is 2.33 bits per heavy atom. The van der Waals surface area contributed by atoms with Gasteiger partial charge in [0.1, 0.15) is 6.54 Å². The average Bonchev–Trinajstić information content (AvgIpc) is 2.79. The molecule has 1 aliphatic rings. The summed E-state index contributed by atoms with van der Waals surface area (Å²) in [7, 11) is 0. The molecule has 0 saturated carbocycles. The van der Waals surface area contributed by atoms with E-state index in [1.54, 1.807) is 13.1 Å². The van der Waals surface area contributed by atoms with Crippen molar-refractivity contribution in [3.8, 4) is 0 Å². The van der Waals surface area contributed by atoms with Crippen molar-refractivity contribution in [3.05, 3.63) is 24.4 Å². The van der Waals surface area contributed by atoms with Gasteiger partial charge in [0.2, 0.25) is 5.78 Å². The quantitative estimate of drug-likeness (QED) is 0.780. The van der Waals surface area contributed by atoms with Crippen molar-refractivity contribution in [1.82, 2.24) is 0 Å². The van der Waals surface area contributed by atoms with Gasteiger partial charge in [-0.1, -0.05) is 25.8 Å². The van der Waals surface area contributed by atoms with Crippen molar-refractivity contribution in [3.63, 3.8) is 0 Å². The molecular weight excluding hydrogens is 268 g/mol. The number of unbranched alkanes of at least 4 members (excludes halogenated alkanes) is 1. The fourth-order valence-corrected chi connectivity index (χ4v) is 2.61. The fourth-order valence-electron chi connectivity index (χ4n) is 2.61. The zero-order valence-electron chi connectivity index (χ0n) is 12.6. The lowest BCUT2D eigenvalue weighted by Gasteiger charge is -2.19. The molecule has 1 aliphatic heterocycles. The van der Waals surface area contributed by atoms with Crippen molar-refractivity contribution < 1.29 is 19.3 Å². The Bertz CT molecular complexity index is 504. The minimum absolute atomic E-state index is 0.0906. The van der Waals surface area contributed by atoms with Gasteiger partial charge in [-0.05, 0) is 19.4 Å². The van der Waals surface area contributed by atoms with E-state index >= 15 is 0 Å². The number of cyclic esters (lactones) is 1. The highest BCUT2D eigenvalue weighted by atomic mass is 16.6. The summed E-state index contributed by atoms with van der Waals surface area (Å²) >= 11 is 0. The third-order valence-corrected chi connectivity index (χ3v) is 3.94. The summed E-state index contributed by atoms with van der Waals surface area (Å²) in [4.78, 5) is 27.2. The first-order valence-electron chi connectivity index (χ1n) is 7.52. The summed E-state index contributed by atoms with van der Waals surface area (Å²) in [5.74, 6) is 0.307. The first kappa shape index (κ1) is 15.5. The fraction of sp³-hybridized carbons (Fsp3) is 0.562. The second-order valence-electron chi connectivity index (χ2n) is 5.75. The molecule has 2 atom stereocenters. The first-order chi connectivity index (χ1) is 10.0. The first-order valence-corrected chi connectivity index (χ1v) is 7.52. The van der Waals surface area contributed by atoms with Crippen LogP contribution in [0.4, 0.5) is 5.82 Å². The molecule has 1 saturated heterocycles. The van der Waals surface area contributed by atoms with E-state index in [4.69, 9.17) is 4.74 Å². The molecule has 21 heavy (non-hydrogen) atoms. The Morgan fingerprint density at radius 1 is 1.52 bits per heavy atom. The van der Waals surface area contributed by atoms with E-state index in [0.29, 0.717) is 6.42 Å². The second kappa shape index (κ2) is 6.70. The number of esters is 1. The summed E-state index contributed by atoms with van der Waals surface area (Å²) in [5, 5.41) is 3.02. The number of carbonyl (C=O) groups excluding carboxylic acids is 2. The van der Waals surface area contributed by atoms with Gasteiger partial charge >= 0.3 is 5.97 Å². The molecule has 0 bridgehead atoms. The van der Waals surface area contributed by atoms with Gasteiger partial charge in [-0.15, -0.1) is 0 Å². The summed E-state index contributed by atoms with van der Waals surface area (Å²) in [5.41, 5.74) is -0.989. The highest BCUT2D eigenvalue weighted by Crippen LogP contribution is 2.34.